The van der Waals surface area contributed by atoms with Crippen LogP contribution in [0.4, 0.5) is 0 Å². The summed E-state index contributed by atoms with van der Waals surface area (Å²) in [5.41, 5.74) is 6.97. The predicted molar refractivity (Wildman–Crippen MR) is 171 cm³/mol. The van der Waals surface area contributed by atoms with Crippen LogP contribution in [0.1, 0.15) is 33.6 Å². The third kappa shape index (κ3) is 6.54. The molecule has 44 heavy (non-hydrogen) atoms. The van der Waals surface area contributed by atoms with Gasteiger partial charge in [0.25, 0.3) is 0 Å². The Morgan fingerprint density at radius 2 is 1.68 bits per heavy atom. The van der Waals surface area contributed by atoms with Gasteiger partial charge >= 0.3 is 0 Å². The lowest BCUT2D eigenvalue weighted by atomic mass is 9.97. The van der Waals surface area contributed by atoms with Gasteiger partial charge in [0, 0.05) is 51.6 Å². The molecule has 0 aliphatic carbocycles. The smallest absolute Gasteiger partial charge is 0.247 e. The maximum absolute atomic E-state index is 14.5. The normalized spacial score (nSPS) is 13.5. The SMILES string of the molecule is Cc1cc(C=CC(=O)N(Cc2ccc(-n3cccn3)cc2)C(Cc2ccccc2)C(=O)N2CCc3ccccc3C2)n(C)n1. The van der Waals surface area contributed by atoms with Crippen molar-refractivity contribution in [3.63, 3.8) is 0 Å². The van der Waals surface area contributed by atoms with Crippen LogP contribution in [0.2, 0.25) is 0 Å². The van der Waals surface area contributed by atoms with Crippen molar-refractivity contribution in [2.75, 3.05) is 6.54 Å². The molecule has 2 amide bonds. The van der Waals surface area contributed by atoms with Crippen molar-refractivity contribution >= 4 is 17.9 Å². The lowest BCUT2D eigenvalue weighted by molar-refractivity contribution is -0.144. The number of hydrogen-bond donors (Lipinski definition) is 0. The van der Waals surface area contributed by atoms with E-state index in [1.54, 1.807) is 32.6 Å². The highest BCUT2D eigenvalue weighted by molar-refractivity contribution is 5.95. The van der Waals surface area contributed by atoms with E-state index < -0.39 is 6.04 Å². The van der Waals surface area contributed by atoms with Crippen LogP contribution >= 0.6 is 0 Å². The lowest BCUT2D eigenvalue weighted by Gasteiger charge is -2.37. The van der Waals surface area contributed by atoms with Crippen molar-refractivity contribution in [2.24, 2.45) is 7.05 Å². The van der Waals surface area contributed by atoms with E-state index in [2.05, 4.69) is 22.3 Å². The summed E-state index contributed by atoms with van der Waals surface area (Å²) in [5, 5.41) is 8.72. The first kappa shape index (κ1) is 28.9. The fraction of sp³-hybridized carbons (Fsp3) is 0.222. The maximum atomic E-state index is 14.5. The summed E-state index contributed by atoms with van der Waals surface area (Å²) in [5.74, 6) is -0.277. The van der Waals surface area contributed by atoms with Crippen LogP contribution in [0.25, 0.3) is 11.8 Å². The number of hydrogen-bond acceptors (Lipinski definition) is 4. The van der Waals surface area contributed by atoms with Gasteiger partial charge in [0.2, 0.25) is 11.8 Å². The van der Waals surface area contributed by atoms with E-state index in [4.69, 9.17) is 0 Å². The van der Waals surface area contributed by atoms with Gasteiger partial charge in [0.05, 0.1) is 17.1 Å². The van der Waals surface area contributed by atoms with Crippen LogP contribution in [0.5, 0.6) is 0 Å². The second-order valence-corrected chi connectivity index (χ2v) is 11.2. The summed E-state index contributed by atoms with van der Waals surface area (Å²) < 4.78 is 3.54. The first-order valence-electron chi connectivity index (χ1n) is 14.9. The number of aryl methyl sites for hydroxylation is 2. The molecule has 5 aromatic rings. The average molecular weight is 585 g/mol. The number of aromatic nitrogens is 4. The number of nitrogens with zero attached hydrogens (tertiary/aromatic N) is 6. The number of rotatable bonds is 9. The Balaban J connectivity index is 1.35. The molecule has 0 radical (unpaired) electrons. The Kier molecular flexibility index (Phi) is 8.50. The third-order valence-corrected chi connectivity index (χ3v) is 8.15. The van der Waals surface area contributed by atoms with Gasteiger partial charge in [0.1, 0.15) is 6.04 Å². The number of carbonyl (C=O) groups is 2. The van der Waals surface area contributed by atoms with Gasteiger partial charge in [-0.05, 0) is 65.9 Å². The van der Waals surface area contributed by atoms with Gasteiger partial charge in [-0.3, -0.25) is 14.3 Å². The van der Waals surface area contributed by atoms with Crippen molar-refractivity contribution in [3.05, 3.63) is 143 Å². The highest BCUT2D eigenvalue weighted by Gasteiger charge is 2.34. The van der Waals surface area contributed by atoms with E-state index in [0.717, 1.165) is 40.2 Å². The highest BCUT2D eigenvalue weighted by Crippen LogP contribution is 2.23. The summed E-state index contributed by atoms with van der Waals surface area (Å²) in [6.07, 6.45) is 8.17. The molecule has 3 aromatic carbocycles. The van der Waals surface area contributed by atoms with E-state index >= 15 is 0 Å². The lowest BCUT2D eigenvalue weighted by Crippen LogP contribution is -2.52. The largest absolute Gasteiger partial charge is 0.336 e. The summed E-state index contributed by atoms with van der Waals surface area (Å²) in [7, 11) is 1.85. The number of fused-ring (bicyclic) bond motifs is 1. The minimum atomic E-state index is -0.695. The van der Waals surface area contributed by atoms with Crippen molar-refractivity contribution in [1.82, 2.24) is 29.4 Å². The van der Waals surface area contributed by atoms with Crippen LogP contribution in [0, 0.1) is 6.92 Å². The molecule has 0 fully saturated rings. The molecule has 222 valence electrons. The number of amides is 2. The van der Waals surface area contributed by atoms with Crippen molar-refractivity contribution < 1.29 is 9.59 Å². The minimum Gasteiger partial charge on any atom is -0.336 e. The van der Waals surface area contributed by atoms with Crippen molar-refractivity contribution in [2.45, 2.75) is 38.9 Å². The average Bonchev–Trinajstić information content (AvgIpc) is 3.71. The molecule has 3 heterocycles. The number of benzene rings is 3. The van der Waals surface area contributed by atoms with E-state index in [-0.39, 0.29) is 18.4 Å². The van der Waals surface area contributed by atoms with Crippen LogP contribution in [-0.2, 0) is 42.6 Å². The van der Waals surface area contributed by atoms with Crippen LogP contribution < -0.4 is 0 Å². The molecule has 1 aliphatic rings. The van der Waals surface area contributed by atoms with Crippen LogP contribution in [-0.4, -0.2) is 53.8 Å². The summed E-state index contributed by atoms with van der Waals surface area (Å²) in [6.45, 7) is 3.35. The van der Waals surface area contributed by atoms with E-state index in [0.29, 0.717) is 19.5 Å². The molecule has 1 unspecified atom stereocenters. The fourth-order valence-electron chi connectivity index (χ4n) is 5.82. The van der Waals surface area contributed by atoms with Gasteiger partial charge in [-0.15, -0.1) is 0 Å². The molecule has 0 saturated heterocycles. The zero-order valence-corrected chi connectivity index (χ0v) is 25.1. The molecule has 8 heteroatoms. The molecule has 1 aliphatic heterocycles. The monoisotopic (exact) mass is 584 g/mol. The second kappa shape index (κ2) is 13.0. The zero-order valence-electron chi connectivity index (χ0n) is 25.1. The predicted octanol–water partition coefficient (Wildman–Crippen LogP) is 5.15. The minimum absolute atomic E-state index is 0.0466. The Morgan fingerprint density at radius 3 is 2.39 bits per heavy atom. The Hall–Kier alpha value is -5.24. The van der Waals surface area contributed by atoms with E-state index in [1.165, 1.54) is 5.56 Å². The van der Waals surface area contributed by atoms with Crippen molar-refractivity contribution in [3.8, 4) is 5.69 Å². The van der Waals surface area contributed by atoms with Crippen molar-refractivity contribution in [1.29, 1.82) is 0 Å². The summed E-state index contributed by atoms with van der Waals surface area (Å²) in [4.78, 5) is 32.2. The van der Waals surface area contributed by atoms with Gasteiger partial charge in [-0.1, -0.05) is 66.7 Å². The molecule has 8 nitrogen and oxygen atoms in total. The molecule has 0 N–H and O–H groups in total. The van der Waals surface area contributed by atoms with Crippen LogP contribution in [0.3, 0.4) is 0 Å². The molecule has 1 atom stereocenters. The van der Waals surface area contributed by atoms with Gasteiger partial charge < -0.3 is 9.80 Å². The maximum Gasteiger partial charge on any atom is 0.247 e. The first-order chi connectivity index (χ1) is 21.4. The second-order valence-electron chi connectivity index (χ2n) is 11.2. The standard InChI is InChI=1S/C36H36N6O2/c1-27-23-33(39(2)38-27)17-18-35(43)41(25-29-13-15-32(16-14-29)42-21-8-20-37-42)34(24-28-9-4-3-5-10-28)36(44)40-22-19-30-11-6-7-12-31(30)26-40/h3-18,20-21,23,34H,19,22,24-26H2,1-2H3. The Bertz CT molecular complexity index is 1760. The molecule has 6 rings (SSSR count). The van der Waals surface area contributed by atoms with Crippen LogP contribution in [0.15, 0.2) is 109 Å². The first-order valence-corrected chi connectivity index (χ1v) is 14.9. The zero-order chi connectivity index (χ0) is 30.5. The summed E-state index contributed by atoms with van der Waals surface area (Å²) >= 11 is 0. The Morgan fingerprint density at radius 1 is 0.932 bits per heavy atom. The van der Waals surface area contributed by atoms with E-state index in [9.17, 15) is 9.59 Å². The topological polar surface area (TPSA) is 76.3 Å². The molecule has 0 spiro atoms. The molecular weight excluding hydrogens is 548 g/mol. The van der Waals surface area contributed by atoms with E-state index in [1.807, 2.05) is 104 Å². The van der Waals surface area contributed by atoms with Gasteiger partial charge in [-0.2, -0.15) is 10.2 Å². The number of carbonyl (C=O) groups excluding carboxylic acids is 2. The fourth-order valence-corrected chi connectivity index (χ4v) is 5.82. The Labute approximate surface area is 257 Å². The quantitative estimate of drug-likeness (QED) is 0.225. The highest BCUT2D eigenvalue weighted by atomic mass is 16.2. The summed E-state index contributed by atoms with van der Waals surface area (Å²) in [6, 6.07) is 29.3. The molecule has 0 saturated carbocycles. The molecule has 2 aromatic heterocycles. The van der Waals surface area contributed by atoms with Gasteiger partial charge in [-0.25, -0.2) is 4.68 Å². The molecular formula is C36H36N6O2. The third-order valence-electron chi connectivity index (χ3n) is 8.15. The molecule has 0 bridgehead atoms. The van der Waals surface area contributed by atoms with Gasteiger partial charge in [0.15, 0.2) is 0 Å².